The van der Waals surface area contributed by atoms with Crippen LogP contribution >= 0.6 is 0 Å². The molecular weight excluding hydrogens is 236 g/mol. The minimum absolute atomic E-state index is 0.787. The number of anilines is 1. The highest BCUT2D eigenvalue weighted by Gasteiger charge is 2.04. The molecule has 2 aromatic rings. The molecule has 0 radical (unpaired) electrons. The number of hydrogen-bond acceptors (Lipinski definition) is 3. The summed E-state index contributed by atoms with van der Waals surface area (Å²) < 4.78 is 5.30. The Bertz CT molecular complexity index is 552. The molecule has 0 atom stereocenters. The van der Waals surface area contributed by atoms with Crippen LogP contribution in [-0.2, 0) is 6.42 Å². The van der Waals surface area contributed by atoms with Crippen molar-refractivity contribution in [3.05, 3.63) is 53.3 Å². The van der Waals surface area contributed by atoms with Crippen molar-refractivity contribution in [1.82, 2.24) is 4.98 Å². The molecule has 3 heteroatoms. The highest BCUT2D eigenvalue weighted by Crippen LogP contribution is 2.23. The molecular formula is C16H20N2O. The fourth-order valence-corrected chi connectivity index (χ4v) is 2.07. The van der Waals surface area contributed by atoms with E-state index in [0.29, 0.717) is 0 Å². The van der Waals surface area contributed by atoms with E-state index in [1.165, 1.54) is 11.1 Å². The van der Waals surface area contributed by atoms with Crippen molar-refractivity contribution >= 4 is 5.69 Å². The van der Waals surface area contributed by atoms with Crippen molar-refractivity contribution in [2.75, 3.05) is 19.0 Å². The van der Waals surface area contributed by atoms with E-state index in [2.05, 4.69) is 41.5 Å². The summed E-state index contributed by atoms with van der Waals surface area (Å²) in [5.74, 6) is 0.787. The molecule has 0 fully saturated rings. The molecule has 0 bridgehead atoms. The van der Waals surface area contributed by atoms with Gasteiger partial charge in [0, 0.05) is 12.2 Å². The van der Waals surface area contributed by atoms with Crippen LogP contribution in [0.15, 0.2) is 36.5 Å². The largest absolute Gasteiger partial charge is 0.493 e. The lowest BCUT2D eigenvalue weighted by Crippen LogP contribution is -2.07. The molecule has 100 valence electrons. The molecule has 0 spiro atoms. The number of pyridine rings is 1. The van der Waals surface area contributed by atoms with Crippen LogP contribution in [0.1, 0.15) is 16.8 Å². The van der Waals surface area contributed by atoms with Gasteiger partial charge in [0.25, 0.3) is 0 Å². The summed E-state index contributed by atoms with van der Waals surface area (Å²) in [5, 5.41) is 3.42. The number of methoxy groups -OCH3 is 1. The average molecular weight is 256 g/mol. The quantitative estimate of drug-likeness (QED) is 0.890. The summed E-state index contributed by atoms with van der Waals surface area (Å²) in [4.78, 5) is 4.23. The lowest BCUT2D eigenvalue weighted by Gasteiger charge is -2.12. The van der Waals surface area contributed by atoms with Crippen LogP contribution in [0.3, 0.4) is 0 Å². The molecule has 3 nitrogen and oxygen atoms in total. The third-order valence-corrected chi connectivity index (χ3v) is 3.20. The molecule has 1 N–H and O–H groups in total. The first-order valence-electron chi connectivity index (χ1n) is 6.49. The van der Waals surface area contributed by atoms with Gasteiger partial charge in [0.1, 0.15) is 0 Å². The van der Waals surface area contributed by atoms with Gasteiger partial charge in [-0.05, 0) is 37.5 Å². The first-order chi connectivity index (χ1) is 9.20. The zero-order valence-corrected chi connectivity index (χ0v) is 11.7. The minimum atomic E-state index is 0.787. The van der Waals surface area contributed by atoms with Crippen molar-refractivity contribution in [2.24, 2.45) is 0 Å². The van der Waals surface area contributed by atoms with E-state index in [9.17, 15) is 0 Å². The summed E-state index contributed by atoms with van der Waals surface area (Å²) in [7, 11) is 1.67. The maximum Gasteiger partial charge on any atom is 0.160 e. The number of aryl methyl sites for hydroxylation is 2. The van der Waals surface area contributed by atoms with Gasteiger partial charge in [-0.1, -0.05) is 24.3 Å². The highest BCUT2D eigenvalue weighted by molar-refractivity contribution is 5.56. The predicted octanol–water partition coefficient (Wildman–Crippen LogP) is 3.36. The van der Waals surface area contributed by atoms with Gasteiger partial charge in [-0.2, -0.15) is 0 Å². The first-order valence-corrected chi connectivity index (χ1v) is 6.49. The van der Waals surface area contributed by atoms with Crippen LogP contribution < -0.4 is 10.1 Å². The van der Waals surface area contributed by atoms with Crippen LogP contribution in [0.2, 0.25) is 0 Å². The Kier molecular flexibility index (Phi) is 4.39. The number of benzene rings is 1. The second-order valence-corrected chi connectivity index (χ2v) is 4.63. The zero-order valence-electron chi connectivity index (χ0n) is 11.7. The van der Waals surface area contributed by atoms with Crippen LogP contribution in [0, 0.1) is 13.8 Å². The topological polar surface area (TPSA) is 34.1 Å². The van der Waals surface area contributed by atoms with Gasteiger partial charge < -0.3 is 10.1 Å². The monoisotopic (exact) mass is 256 g/mol. The Labute approximate surface area is 114 Å². The molecule has 1 heterocycles. The summed E-state index contributed by atoms with van der Waals surface area (Å²) in [5.41, 5.74) is 4.70. The van der Waals surface area contributed by atoms with E-state index in [-0.39, 0.29) is 0 Å². The van der Waals surface area contributed by atoms with Crippen molar-refractivity contribution in [1.29, 1.82) is 0 Å². The summed E-state index contributed by atoms with van der Waals surface area (Å²) in [6, 6.07) is 10.5. The number of rotatable bonds is 5. The first kappa shape index (κ1) is 13.4. The summed E-state index contributed by atoms with van der Waals surface area (Å²) >= 11 is 0. The average Bonchev–Trinajstić information content (AvgIpc) is 2.41. The SMILES string of the molecule is COc1cnc(C)cc1NCCc1ccccc1C. The van der Waals surface area contributed by atoms with E-state index in [4.69, 9.17) is 4.74 Å². The Morgan fingerprint density at radius 2 is 2.00 bits per heavy atom. The highest BCUT2D eigenvalue weighted by atomic mass is 16.5. The normalized spacial score (nSPS) is 10.3. The van der Waals surface area contributed by atoms with Gasteiger partial charge >= 0.3 is 0 Å². The lowest BCUT2D eigenvalue weighted by molar-refractivity contribution is 0.414. The Morgan fingerprint density at radius 3 is 2.74 bits per heavy atom. The smallest absolute Gasteiger partial charge is 0.160 e. The number of ether oxygens (including phenoxy) is 1. The number of nitrogens with zero attached hydrogens (tertiary/aromatic N) is 1. The molecule has 1 aromatic carbocycles. The molecule has 0 unspecified atom stereocenters. The number of aromatic nitrogens is 1. The van der Waals surface area contributed by atoms with Crippen LogP contribution in [0.5, 0.6) is 5.75 Å². The fraction of sp³-hybridized carbons (Fsp3) is 0.312. The Balaban J connectivity index is 2.00. The van der Waals surface area contributed by atoms with Gasteiger partial charge in [-0.15, -0.1) is 0 Å². The van der Waals surface area contributed by atoms with Crippen LogP contribution in [0.4, 0.5) is 5.69 Å². The van der Waals surface area contributed by atoms with E-state index >= 15 is 0 Å². The molecule has 0 aliphatic carbocycles. The molecule has 2 rings (SSSR count). The molecule has 1 aromatic heterocycles. The van der Waals surface area contributed by atoms with Crippen molar-refractivity contribution < 1.29 is 4.74 Å². The van der Waals surface area contributed by atoms with Crippen LogP contribution in [-0.4, -0.2) is 18.6 Å². The Morgan fingerprint density at radius 1 is 1.21 bits per heavy atom. The number of hydrogen-bond donors (Lipinski definition) is 1. The third kappa shape index (κ3) is 3.47. The molecule has 0 amide bonds. The maximum atomic E-state index is 5.30. The standard InChI is InChI=1S/C16H20N2O/c1-12-6-4-5-7-14(12)8-9-17-15-10-13(2)18-11-16(15)19-3/h4-7,10-11H,8-9H2,1-3H3,(H,17,18). The van der Waals surface area contributed by atoms with Crippen molar-refractivity contribution in [3.63, 3.8) is 0 Å². The van der Waals surface area contributed by atoms with E-state index < -0.39 is 0 Å². The minimum Gasteiger partial charge on any atom is -0.493 e. The zero-order chi connectivity index (χ0) is 13.7. The summed E-state index contributed by atoms with van der Waals surface area (Å²) in [6.07, 6.45) is 2.75. The Hall–Kier alpha value is -2.03. The molecule has 0 aliphatic rings. The maximum absolute atomic E-state index is 5.30. The number of nitrogens with one attached hydrogen (secondary N) is 1. The van der Waals surface area contributed by atoms with Gasteiger partial charge in [-0.25, -0.2) is 0 Å². The lowest BCUT2D eigenvalue weighted by atomic mass is 10.1. The molecule has 0 saturated heterocycles. The van der Waals surface area contributed by atoms with Gasteiger partial charge in [0.2, 0.25) is 0 Å². The second kappa shape index (κ2) is 6.23. The van der Waals surface area contributed by atoms with E-state index in [0.717, 1.165) is 30.1 Å². The van der Waals surface area contributed by atoms with Crippen molar-refractivity contribution in [3.8, 4) is 5.75 Å². The van der Waals surface area contributed by atoms with E-state index in [1.807, 2.05) is 13.0 Å². The van der Waals surface area contributed by atoms with E-state index in [1.54, 1.807) is 13.3 Å². The summed E-state index contributed by atoms with van der Waals surface area (Å²) in [6.45, 7) is 5.00. The fourth-order valence-electron chi connectivity index (χ4n) is 2.07. The third-order valence-electron chi connectivity index (χ3n) is 3.20. The van der Waals surface area contributed by atoms with Gasteiger partial charge in [0.15, 0.2) is 5.75 Å². The van der Waals surface area contributed by atoms with Gasteiger partial charge in [-0.3, -0.25) is 4.98 Å². The molecule has 0 saturated carbocycles. The van der Waals surface area contributed by atoms with Crippen molar-refractivity contribution in [2.45, 2.75) is 20.3 Å². The van der Waals surface area contributed by atoms with Crippen LogP contribution in [0.25, 0.3) is 0 Å². The predicted molar refractivity (Wildman–Crippen MR) is 78.9 cm³/mol. The van der Waals surface area contributed by atoms with Gasteiger partial charge in [0.05, 0.1) is 19.0 Å². The molecule has 19 heavy (non-hydrogen) atoms. The second-order valence-electron chi connectivity index (χ2n) is 4.63. The molecule has 0 aliphatic heterocycles.